The Morgan fingerprint density at radius 1 is 0.473 bits per heavy atom. The molecule has 264 valence electrons. The largest absolute Gasteiger partial charge is 0.416 e. The van der Waals surface area contributed by atoms with Crippen LogP contribution in [0.25, 0.3) is 89.0 Å². The van der Waals surface area contributed by atoms with Gasteiger partial charge >= 0.3 is 6.18 Å². The molecule has 0 unspecified atom stereocenters. The van der Waals surface area contributed by atoms with Gasteiger partial charge in [0.05, 0.1) is 39.5 Å². The first-order valence-corrected chi connectivity index (χ1v) is 17.6. The second-order valence-corrected chi connectivity index (χ2v) is 13.5. The zero-order chi connectivity index (χ0) is 37.3. The maximum Gasteiger partial charge on any atom is 0.416 e. The van der Waals surface area contributed by atoms with Crippen LogP contribution in [0.15, 0.2) is 152 Å². The highest BCUT2D eigenvalue weighted by molar-refractivity contribution is 6.11. The van der Waals surface area contributed by atoms with Crippen LogP contribution < -0.4 is 0 Å². The number of aryl methyl sites for hydroxylation is 1. The number of nitrogens with zero attached hydrogens (tertiary/aromatic N) is 7. The van der Waals surface area contributed by atoms with Crippen molar-refractivity contribution in [1.29, 1.82) is 0 Å². The molecule has 0 N–H and O–H groups in total. The lowest BCUT2D eigenvalue weighted by atomic mass is 9.99. The van der Waals surface area contributed by atoms with Gasteiger partial charge in [-0.05, 0) is 72.6 Å². The molecule has 0 aliphatic rings. The fourth-order valence-corrected chi connectivity index (χ4v) is 7.69. The van der Waals surface area contributed by atoms with Crippen LogP contribution in [0.4, 0.5) is 13.2 Å². The van der Waals surface area contributed by atoms with Gasteiger partial charge in [-0.3, -0.25) is 4.57 Å². The molecule has 5 aromatic heterocycles. The van der Waals surface area contributed by atoms with Crippen molar-refractivity contribution in [2.75, 3.05) is 0 Å². The number of halogens is 3. The summed E-state index contributed by atoms with van der Waals surface area (Å²) in [4.78, 5) is 23.0. The minimum atomic E-state index is -4.54. The van der Waals surface area contributed by atoms with Crippen molar-refractivity contribution in [3.63, 3.8) is 0 Å². The lowest BCUT2D eigenvalue weighted by Crippen LogP contribution is -2.07. The van der Waals surface area contributed by atoms with Crippen molar-refractivity contribution in [2.24, 2.45) is 0 Å². The summed E-state index contributed by atoms with van der Waals surface area (Å²) in [6, 6.07) is 37.8. The Balaban J connectivity index is 1.29. The number of pyridine rings is 1. The molecule has 0 atom stereocenters. The number of rotatable bonds is 5. The van der Waals surface area contributed by atoms with Crippen molar-refractivity contribution < 1.29 is 13.2 Å². The van der Waals surface area contributed by atoms with E-state index in [0.29, 0.717) is 39.8 Å². The van der Waals surface area contributed by atoms with E-state index in [1.807, 2.05) is 72.8 Å². The average molecular weight is 724 g/mol. The third-order valence-electron chi connectivity index (χ3n) is 10.0. The topological polar surface area (TPSA) is 74.3 Å². The van der Waals surface area contributed by atoms with Crippen LogP contribution in [-0.4, -0.2) is 34.1 Å². The highest BCUT2D eigenvalue weighted by Crippen LogP contribution is 2.41. The van der Waals surface area contributed by atoms with Crippen LogP contribution in [0.2, 0.25) is 0 Å². The molecule has 5 heterocycles. The van der Waals surface area contributed by atoms with Crippen LogP contribution in [0, 0.1) is 6.92 Å². The van der Waals surface area contributed by atoms with Crippen LogP contribution in [-0.2, 0) is 6.18 Å². The Bertz CT molecular complexity index is 3100. The summed E-state index contributed by atoms with van der Waals surface area (Å²) < 4.78 is 47.5. The maximum absolute atomic E-state index is 14.4. The smallest absolute Gasteiger partial charge is 0.307 e. The summed E-state index contributed by atoms with van der Waals surface area (Å²) in [5.41, 5.74) is 6.51. The fourth-order valence-electron chi connectivity index (χ4n) is 7.69. The summed E-state index contributed by atoms with van der Waals surface area (Å²) in [5.74, 6) is 1.69. The third-order valence-corrected chi connectivity index (χ3v) is 10.0. The second kappa shape index (κ2) is 12.4. The third kappa shape index (κ3) is 5.41. The molecule has 0 fully saturated rings. The predicted molar refractivity (Wildman–Crippen MR) is 210 cm³/mol. The highest BCUT2D eigenvalue weighted by atomic mass is 19.4. The Labute approximate surface area is 312 Å². The number of fused-ring (bicyclic) bond motifs is 6. The number of alkyl halides is 3. The van der Waals surface area contributed by atoms with Gasteiger partial charge in [-0.25, -0.2) is 24.9 Å². The molecule has 10 heteroatoms. The summed E-state index contributed by atoms with van der Waals surface area (Å²) in [7, 11) is 0. The van der Waals surface area contributed by atoms with E-state index in [9.17, 15) is 13.2 Å². The quantitative estimate of drug-likeness (QED) is 0.177. The van der Waals surface area contributed by atoms with Crippen molar-refractivity contribution >= 4 is 43.6 Å². The van der Waals surface area contributed by atoms with E-state index in [2.05, 4.69) is 47.3 Å². The van der Waals surface area contributed by atoms with E-state index >= 15 is 0 Å². The lowest BCUT2D eigenvalue weighted by Gasteiger charge is -2.18. The van der Waals surface area contributed by atoms with E-state index < -0.39 is 11.7 Å². The molecule has 10 rings (SSSR count). The molecule has 0 saturated heterocycles. The predicted octanol–water partition coefficient (Wildman–Crippen LogP) is 11.2. The van der Waals surface area contributed by atoms with Crippen molar-refractivity contribution in [1.82, 2.24) is 34.1 Å². The van der Waals surface area contributed by atoms with Gasteiger partial charge in [0.2, 0.25) is 0 Å². The van der Waals surface area contributed by atoms with Crippen LogP contribution in [0.3, 0.4) is 0 Å². The van der Waals surface area contributed by atoms with Crippen molar-refractivity contribution in [2.45, 2.75) is 13.1 Å². The molecule has 0 aliphatic heterocycles. The van der Waals surface area contributed by atoms with Gasteiger partial charge < -0.3 is 4.57 Å². The van der Waals surface area contributed by atoms with Crippen LogP contribution in [0.5, 0.6) is 0 Å². The molecule has 0 bridgehead atoms. The zero-order valence-corrected chi connectivity index (χ0v) is 29.2. The van der Waals surface area contributed by atoms with E-state index in [4.69, 9.17) is 4.98 Å². The van der Waals surface area contributed by atoms with Gasteiger partial charge in [0.25, 0.3) is 0 Å². The zero-order valence-electron chi connectivity index (χ0n) is 29.2. The van der Waals surface area contributed by atoms with Crippen molar-refractivity contribution in [3.05, 3.63) is 163 Å². The maximum atomic E-state index is 14.4. The van der Waals surface area contributed by atoms with E-state index in [1.165, 1.54) is 12.1 Å². The van der Waals surface area contributed by atoms with Gasteiger partial charge in [-0.2, -0.15) is 13.2 Å². The molecule has 0 radical (unpaired) electrons. The molecule has 0 aliphatic carbocycles. The highest BCUT2D eigenvalue weighted by Gasteiger charge is 2.31. The first-order valence-electron chi connectivity index (χ1n) is 17.6. The Morgan fingerprint density at radius 3 is 1.58 bits per heavy atom. The lowest BCUT2D eigenvalue weighted by molar-refractivity contribution is -0.137. The summed E-state index contributed by atoms with van der Waals surface area (Å²) in [6.07, 6.45) is 4.03. The Hall–Kier alpha value is -7.20. The Morgan fingerprint density at radius 2 is 1.00 bits per heavy atom. The number of hydrogen-bond donors (Lipinski definition) is 0. The van der Waals surface area contributed by atoms with Gasteiger partial charge in [0.15, 0.2) is 11.6 Å². The summed E-state index contributed by atoms with van der Waals surface area (Å²) >= 11 is 0. The summed E-state index contributed by atoms with van der Waals surface area (Å²) in [5, 5.41) is 3.98. The molecule has 0 spiro atoms. The van der Waals surface area contributed by atoms with E-state index in [0.717, 1.165) is 54.7 Å². The van der Waals surface area contributed by atoms with E-state index in [-0.39, 0.29) is 0 Å². The average Bonchev–Trinajstić information content (AvgIpc) is 3.73. The first kappa shape index (κ1) is 32.5. The molecule has 0 saturated carbocycles. The minimum absolute atomic E-state index is 0.415. The van der Waals surface area contributed by atoms with Gasteiger partial charge in [-0.1, -0.05) is 66.7 Å². The molecular weight excluding hydrogens is 696 g/mol. The molecule has 55 heavy (non-hydrogen) atoms. The van der Waals surface area contributed by atoms with E-state index in [1.54, 1.807) is 56.1 Å². The number of aromatic nitrogens is 7. The van der Waals surface area contributed by atoms with Crippen molar-refractivity contribution in [3.8, 4) is 45.4 Å². The fraction of sp³-hybridized carbons (Fsp3) is 0.0444. The molecular formula is C45H28F3N7. The molecule has 7 nitrogen and oxygen atoms in total. The number of hydrogen-bond acceptors (Lipinski definition) is 5. The monoisotopic (exact) mass is 723 g/mol. The SMILES string of the molecule is Cc1cc(-c2cc(-n3c4ccccc4c4ccc(-c5ncccn5)cc43)ncc2-n2c3ccccc3c3ccc(-c4ncccn4)cc32)cc(C(F)(F)F)c1. The standard InChI is InChI=1S/C45H28F3N7/c1-27-20-30(22-31(21-27)45(46,47)48)36-25-42(55-38-11-5-3-9-33(38)35-15-13-29(24-40(35)55)44-51-18-7-19-52-44)53-26-41(36)54-37-10-4-2-8-32(37)34-14-12-28(23-39(34)54)43-49-16-6-17-50-43/h2-26H,1H3. The minimum Gasteiger partial charge on any atom is -0.307 e. The first-order chi connectivity index (χ1) is 26.8. The van der Waals surface area contributed by atoms with Gasteiger partial charge in [0, 0.05) is 63.0 Å². The number of benzene rings is 5. The molecule has 10 aromatic rings. The Kier molecular flexibility index (Phi) is 7.35. The molecule has 0 amide bonds. The molecule has 5 aromatic carbocycles. The van der Waals surface area contributed by atoms with Gasteiger partial charge in [0.1, 0.15) is 5.82 Å². The van der Waals surface area contributed by atoms with Gasteiger partial charge in [-0.15, -0.1) is 0 Å². The van der Waals surface area contributed by atoms with Crippen LogP contribution >= 0.6 is 0 Å². The van der Waals surface area contributed by atoms with Crippen LogP contribution in [0.1, 0.15) is 11.1 Å². The summed E-state index contributed by atoms with van der Waals surface area (Å²) in [6.45, 7) is 1.69. The number of para-hydroxylation sites is 2. The normalized spacial score (nSPS) is 12.0. The second-order valence-electron chi connectivity index (χ2n) is 13.5.